The van der Waals surface area contributed by atoms with Crippen LogP contribution in [0.1, 0.15) is 27.4 Å². The van der Waals surface area contributed by atoms with Gasteiger partial charge in [0.2, 0.25) is 0 Å². The van der Waals surface area contributed by atoms with Crippen LogP contribution in [-0.4, -0.2) is 19.3 Å². The molecule has 0 fully saturated rings. The van der Waals surface area contributed by atoms with Crippen molar-refractivity contribution in [3.05, 3.63) is 88.6 Å². The van der Waals surface area contributed by atoms with E-state index >= 15 is 0 Å². The number of aromatic nitrogens is 1. The topological polar surface area (TPSA) is 89.3 Å². The van der Waals surface area contributed by atoms with E-state index in [4.69, 9.17) is 16.0 Å². The van der Waals surface area contributed by atoms with E-state index in [1.54, 1.807) is 42.7 Å². The number of benzene rings is 1. The van der Waals surface area contributed by atoms with Crippen LogP contribution in [0.2, 0.25) is 5.02 Å². The summed E-state index contributed by atoms with van der Waals surface area (Å²) in [7, 11) is -3.44. The van der Waals surface area contributed by atoms with E-state index in [0.717, 1.165) is 5.56 Å². The highest BCUT2D eigenvalue weighted by Gasteiger charge is 2.18. The first kappa shape index (κ1) is 19.1. The van der Waals surface area contributed by atoms with Gasteiger partial charge >= 0.3 is 0 Å². The van der Waals surface area contributed by atoms with E-state index < -0.39 is 15.7 Å². The molecule has 2 aromatic heterocycles. The Morgan fingerprint density at radius 2 is 1.81 bits per heavy atom. The summed E-state index contributed by atoms with van der Waals surface area (Å²) in [5.41, 5.74) is 1.49. The molecular formula is C19H17ClN2O4S. The van der Waals surface area contributed by atoms with Crippen molar-refractivity contribution in [1.82, 2.24) is 10.3 Å². The first-order chi connectivity index (χ1) is 12.9. The van der Waals surface area contributed by atoms with Crippen LogP contribution in [0.5, 0.6) is 0 Å². The number of furan rings is 1. The second-order valence-corrected chi connectivity index (χ2v) is 8.47. The lowest BCUT2D eigenvalue weighted by molar-refractivity contribution is 0.0921. The molecule has 27 heavy (non-hydrogen) atoms. The summed E-state index contributed by atoms with van der Waals surface area (Å²) in [6.45, 7) is 0.303. The number of nitrogens with zero attached hydrogens (tertiary/aromatic N) is 1. The molecule has 0 bridgehead atoms. The van der Waals surface area contributed by atoms with Gasteiger partial charge in [0.05, 0.1) is 5.75 Å². The van der Waals surface area contributed by atoms with Crippen molar-refractivity contribution < 1.29 is 17.6 Å². The molecule has 3 rings (SSSR count). The van der Waals surface area contributed by atoms with Gasteiger partial charge in [-0.3, -0.25) is 9.78 Å². The molecule has 0 aliphatic carbocycles. The van der Waals surface area contributed by atoms with Crippen molar-refractivity contribution in [2.75, 3.05) is 0 Å². The fraction of sp³-hybridized carbons (Fsp3) is 0.158. The quantitative estimate of drug-likeness (QED) is 0.652. The first-order valence-corrected chi connectivity index (χ1v) is 10.3. The third-order valence-corrected chi connectivity index (χ3v) is 5.47. The van der Waals surface area contributed by atoms with Crippen molar-refractivity contribution in [2.24, 2.45) is 0 Å². The van der Waals surface area contributed by atoms with E-state index in [2.05, 4.69) is 10.3 Å². The Morgan fingerprint density at radius 1 is 1.04 bits per heavy atom. The van der Waals surface area contributed by atoms with E-state index in [0.29, 0.717) is 17.1 Å². The van der Waals surface area contributed by atoms with E-state index in [1.807, 2.05) is 6.07 Å². The summed E-state index contributed by atoms with van der Waals surface area (Å²) in [5.74, 6) is -0.551. The number of hydrogen-bond acceptors (Lipinski definition) is 5. The fourth-order valence-corrected chi connectivity index (χ4v) is 3.97. The van der Waals surface area contributed by atoms with Gasteiger partial charge in [-0.25, -0.2) is 8.42 Å². The van der Waals surface area contributed by atoms with Crippen molar-refractivity contribution in [1.29, 1.82) is 0 Å². The van der Waals surface area contributed by atoms with Gasteiger partial charge in [0.15, 0.2) is 15.6 Å². The molecule has 0 aliphatic heterocycles. The SMILES string of the molecule is O=C(NCc1cccnc1)c1ccc(CS(=O)(=O)Cc2ccc(Cl)cc2)o1. The maximum Gasteiger partial charge on any atom is 0.287 e. The summed E-state index contributed by atoms with van der Waals surface area (Å²) in [6, 6.07) is 13.2. The van der Waals surface area contributed by atoms with Crippen LogP contribution in [0.3, 0.4) is 0 Å². The smallest absolute Gasteiger partial charge is 0.287 e. The second kappa shape index (κ2) is 8.37. The Morgan fingerprint density at radius 3 is 2.52 bits per heavy atom. The molecule has 1 N–H and O–H groups in total. The molecule has 0 aliphatic rings. The molecule has 140 valence electrons. The molecule has 0 unspecified atom stereocenters. The number of nitrogens with one attached hydrogen (secondary N) is 1. The van der Waals surface area contributed by atoms with Crippen LogP contribution in [0.4, 0.5) is 0 Å². The minimum absolute atomic E-state index is 0.0654. The number of sulfone groups is 1. The van der Waals surface area contributed by atoms with Crippen molar-refractivity contribution >= 4 is 27.3 Å². The molecule has 0 radical (unpaired) electrons. The normalized spacial score (nSPS) is 11.3. The van der Waals surface area contributed by atoms with Gasteiger partial charge in [-0.2, -0.15) is 0 Å². The minimum Gasteiger partial charge on any atom is -0.455 e. The summed E-state index contributed by atoms with van der Waals surface area (Å²) < 4.78 is 30.1. The lowest BCUT2D eigenvalue weighted by atomic mass is 10.2. The van der Waals surface area contributed by atoms with Gasteiger partial charge in [-0.15, -0.1) is 0 Å². The highest BCUT2D eigenvalue weighted by Crippen LogP contribution is 2.17. The zero-order chi connectivity index (χ0) is 19.3. The van der Waals surface area contributed by atoms with Gasteiger partial charge in [0.25, 0.3) is 5.91 Å². The summed E-state index contributed by atoms with van der Waals surface area (Å²) in [5, 5.41) is 3.25. The fourth-order valence-electron chi connectivity index (χ4n) is 2.45. The molecule has 0 atom stereocenters. The first-order valence-electron chi connectivity index (χ1n) is 8.12. The number of pyridine rings is 1. The van der Waals surface area contributed by atoms with Gasteiger partial charge in [0.1, 0.15) is 11.5 Å². The Hall–Kier alpha value is -2.64. The van der Waals surface area contributed by atoms with Crippen molar-refractivity contribution in [3.8, 4) is 0 Å². The predicted molar refractivity (Wildman–Crippen MR) is 102 cm³/mol. The molecule has 2 heterocycles. The molecule has 8 heteroatoms. The van der Waals surface area contributed by atoms with Crippen LogP contribution in [0.25, 0.3) is 0 Å². The molecule has 1 amide bonds. The number of carbonyl (C=O) groups is 1. The van der Waals surface area contributed by atoms with Crippen LogP contribution in [0.15, 0.2) is 65.3 Å². The van der Waals surface area contributed by atoms with Gasteiger partial charge in [-0.05, 0) is 41.5 Å². The van der Waals surface area contributed by atoms with Crippen molar-refractivity contribution in [2.45, 2.75) is 18.1 Å². The molecular weight excluding hydrogens is 388 g/mol. The highest BCUT2D eigenvalue weighted by atomic mass is 35.5. The van der Waals surface area contributed by atoms with E-state index in [1.165, 1.54) is 12.1 Å². The zero-order valence-electron chi connectivity index (χ0n) is 14.3. The average Bonchev–Trinajstić information content (AvgIpc) is 3.10. The maximum atomic E-state index is 12.3. The summed E-state index contributed by atoms with van der Waals surface area (Å²) >= 11 is 5.80. The van der Waals surface area contributed by atoms with Crippen LogP contribution in [0, 0.1) is 0 Å². The van der Waals surface area contributed by atoms with E-state index in [9.17, 15) is 13.2 Å². The van der Waals surface area contributed by atoms with Crippen LogP contribution in [-0.2, 0) is 27.9 Å². The number of hydrogen-bond donors (Lipinski definition) is 1. The van der Waals surface area contributed by atoms with E-state index in [-0.39, 0.29) is 23.0 Å². The Labute approximate surface area is 162 Å². The average molecular weight is 405 g/mol. The Kier molecular flexibility index (Phi) is 5.93. The van der Waals surface area contributed by atoms with Crippen LogP contribution < -0.4 is 5.32 Å². The number of halogens is 1. The zero-order valence-corrected chi connectivity index (χ0v) is 15.8. The number of carbonyl (C=O) groups excluding carboxylic acids is 1. The third kappa shape index (κ3) is 5.67. The molecule has 0 saturated heterocycles. The highest BCUT2D eigenvalue weighted by molar-refractivity contribution is 7.89. The van der Waals surface area contributed by atoms with Gasteiger partial charge < -0.3 is 9.73 Å². The van der Waals surface area contributed by atoms with Crippen molar-refractivity contribution in [3.63, 3.8) is 0 Å². The molecule has 3 aromatic rings. The lowest BCUT2D eigenvalue weighted by Gasteiger charge is -2.04. The molecule has 0 spiro atoms. The van der Waals surface area contributed by atoms with Gasteiger partial charge in [-0.1, -0.05) is 29.8 Å². The lowest BCUT2D eigenvalue weighted by Crippen LogP contribution is -2.22. The molecule has 6 nitrogen and oxygen atoms in total. The molecule has 1 aromatic carbocycles. The minimum atomic E-state index is -3.44. The summed E-state index contributed by atoms with van der Waals surface area (Å²) in [4.78, 5) is 16.1. The van der Waals surface area contributed by atoms with Gasteiger partial charge in [0, 0.05) is 24.0 Å². The third-order valence-electron chi connectivity index (χ3n) is 3.72. The maximum absolute atomic E-state index is 12.3. The monoisotopic (exact) mass is 404 g/mol. The largest absolute Gasteiger partial charge is 0.455 e. The van der Waals surface area contributed by atoms with Crippen LogP contribution >= 0.6 is 11.6 Å². The summed E-state index contributed by atoms with van der Waals surface area (Å²) in [6.07, 6.45) is 3.30. The number of rotatable bonds is 7. The Bertz CT molecular complexity index is 1020. The Balaban J connectivity index is 1.59. The predicted octanol–water partition coefficient (Wildman–Crippen LogP) is 3.37. The standard InChI is InChI=1S/C19H17ClN2O4S/c20-16-5-3-14(4-6-16)12-27(24,25)13-17-7-8-18(26-17)19(23)22-11-15-2-1-9-21-10-15/h1-10H,11-13H2,(H,22,23). The number of amides is 1. The second-order valence-electron chi connectivity index (χ2n) is 5.97. The molecule has 0 saturated carbocycles.